The van der Waals surface area contributed by atoms with Crippen molar-refractivity contribution < 1.29 is 0 Å². The number of rotatable bonds is 3. The van der Waals surface area contributed by atoms with Gasteiger partial charge in [0.1, 0.15) is 7.28 Å². The molecule has 0 heterocycles. The van der Waals surface area contributed by atoms with Crippen LogP contribution in [0.4, 0.5) is 0 Å². The third kappa shape index (κ3) is 2.40. The molecule has 3 saturated carbocycles. The largest absolute Gasteiger partial charge is 0.116 e. The molecule has 3 fully saturated rings. The lowest BCUT2D eigenvalue weighted by Crippen LogP contribution is -2.61. The Morgan fingerprint density at radius 2 is 1.83 bits per heavy atom. The van der Waals surface area contributed by atoms with E-state index in [9.17, 15) is 0 Å². The molecule has 1 heteroatoms. The fraction of sp³-hybridized carbons (Fsp3) is 0.643. The van der Waals surface area contributed by atoms with Gasteiger partial charge < -0.3 is 0 Å². The highest BCUT2D eigenvalue weighted by Crippen LogP contribution is 2.80. The minimum Gasteiger partial charge on any atom is -0.0958 e. The van der Waals surface area contributed by atoms with Crippen molar-refractivity contribution in [1.82, 2.24) is 0 Å². The molecule has 1 radical (unpaired) electrons. The number of hydrogen-bond donors (Lipinski definition) is 0. The summed E-state index contributed by atoms with van der Waals surface area (Å²) in [5, 5.41) is 0.213. The summed E-state index contributed by atoms with van der Waals surface area (Å²) < 4.78 is 0. The summed E-state index contributed by atoms with van der Waals surface area (Å²) in [6, 6.07) is 0. The molecule has 0 saturated heterocycles. The molecule has 7 atom stereocenters. The van der Waals surface area contributed by atoms with Crippen molar-refractivity contribution in [3.8, 4) is 0 Å². The van der Waals surface area contributed by atoms with Crippen LogP contribution in [0.5, 0.6) is 0 Å². The Bertz CT molecular complexity index is 842. The Morgan fingerprint density at radius 1 is 1.14 bits per heavy atom. The first-order valence-corrected chi connectivity index (χ1v) is 11.7. The zero-order valence-corrected chi connectivity index (χ0v) is 19.7. The van der Waals surface area contributed by atoms with Crippen molar-refractivity contribution in [2.45, 2.75) is 78.9 Å². The molecule has 0 aromatic heterocycles. The Balaban J connectivity index is 1.85. The van der Waals surface area contributed by atoms with Gasteiger partial charge in [0.05, 0.1) is 0 Å². The van der Waals surface area contributed by atoms with Crippen LogP contribution < -0.4 is 0 Å². The molecule has 0 aliphatic heterocycles. The molecule has 0 aromatic carbocycles. The van der Waals surface area contributed by atoms with E-state index in [1.807, 2.05) is 0 Å². The molecule has 4 rings (SSSR count). The highest BCUT2D eigenvalue weighted by molar-refractivity contribution is 6.39. The number of allylic oxidation sites excluding steroid dienone is 7. The van der Waals surface area contributed by atoms with Crippen molar-refractivity contribution in [3.63, 3.8) is 0 Å². The van der Waals surface area contributed by atoms with Gasteiger partial charge in [0, 0.05) is 5.41 Å². The van der Waals surface area contributed by atoms with E-state index in [1.54, 1.807) is 5.57 Å². The zero-order chi connectivity index (χ0) is 21.4. The standard InChI is InChI=1S/C28H40B/c1-18(2)21(5)24-20(4)17-23-25(24,6)14-15-28(29-9)26(7)12-10-19(3)16-22(26)11-13-27(23,28)8/h10,12,16,20,23-24H,1,3,5,11,13-15,17H2,2,4,6-9H3. The van der Waals surface area contributed by atoms with E-state index >= 15 is 0 Å². The third-order valence-electron chi connectivity index (χ3n) is 10.4. The van der Waals surface area contributed by atoms with Crippen LogP contribution in [0, 0.1) is 34.0 Å². The lowest BCUT2D eigenvalue weighted by Gasteiger charge is -2.70. The maximum Gasteiger partial charge on any atom is 0.116 e. The van der Waals surface area contributed by atoms with Crippen molar-refractivity contribution in [1.29, 1.82) is 0 Å². The predicted molar refractivity (Wildman–Crippen MR) is 128 cm³/mol. The van der Waals surface area contributed by atoms with E-state index in [2.05, 4.69) is 86.7 Å². The van der Waals surface area contributed by atoms with Crippen LogP contribution >= 0.6 is 0 Å². The van der Waals surface area contributed by atoms with Crippen LogP contribution in [0.15, 0.2) is 60.3 Å². The molecule has 4 aliphatic carbocycles. The highest BCUT2D eigenvalue weighted by Gasteiger charge is 2.70. The minimum atomic E-state index is 0.115. The molecular formula is C28H40B. The molecule has 155 valence electrons. The van der Waals surface area contributed by atoms with E-state index < -0.39 is 0 Å². The molecule has 29 heavy (non-hydrogen) atoms. The maximum absolute atomic E-state index is 4.54. The third-order valence-corrected chi connectivity index (χ3v) is 10.4. The van der Waals surface area contributed by atoms with Crippen molar-refractivity contribution >= 4 is 7.28 Å². The lowest BCUT2D eigenvalue weighted by molar-refractivity contribution is -0.0867. The first-order chi connectivity index (χ1) is 13.5. The average molecular weight is 387 g/mol. The summed E-state index contributed by atoms with van der Waals surface area (Å²) in [5.41, 5.74) is 6.03. The van der Waals surface area contributed by atoms with Gasteiger partial charge in [-0.15, -0.1) is 0 Å². The molecule has 7 unspecified atom stereocenters. The summed E-state index contributed by atoms with van der Waals surface area (Å²) in [6.45, 7) is 27.8. The maximum atomic E-state index is 4.54. The number of fused-ring (bicyclic) bond motifs is 5. The Hall–Kier alpha value is -1.24. The van der Waals surface area contributed by atoms with Gasteiger partial charge in [-0.05, 0) is 77.7 Å². The van der Waals surface area contributed by atoms with E-state index in [0.29, 0.717) is 22.7 Å². The summed E-state index contributed by atoms with van der Waals surface area (Å²) in [7, 11) is 2.61. The van der Waals surface area contributed by atoms with Gasteiger partial charge >= 0.3 is 0 Å². The van der Waals surface area contributed by atoms with Crippen LogP contribution in [0.2, 0.25) is 12.1 Å². The molecule has 4 aliphatic rings. The second-order valence-electron chi connectivity index (χ2n) is 11.5. The van der Waals surface area contributed by atoms with Crippen LogP contribution in [0.1, 0.15) is 66.7 Å². The van der Waals surface area contributed by atoms with Crippen molar-refractivity contribution in [2.24, 2.45) is 34.0 Å². The van der Waals surface area contributed by atoms with Gasteiger partial charge in [-0.2, -0.15) is 0 Å². The first kappa shape index (κ1) is 21.0. The fourth-order valence-corrected chi connectivity index (χ4v) is 9.02. The quantitative estimate of drug-likeness (QED) is 0.340. The molecule has 0 aromatic rings. The molecular weight excluding hydrogens is 347 g/mol. The summed E-state index contributed by atoms with van der Waals surface area (Å²) in [5.74, 6) is 1.99. The zero-order valence-electron chi connectivity index (χ0n) is 19.7. The van der Waals surface area contributed by atoms with Crippen molar-refractivity contribution in [2.75, 3.05) is 0 Å². The van der Waals surface area contributed by atoms with Gasteiger partial charge in [-0.3, -0.25) is 0 Å². The molecule has 0 spiro atoms. The van der Waals surface area contributed by atoms with Gasteiger partial charge in [-0.1, -0.05) is 90.0 Å². The fourth-order valence-electron chi connectivity index (χ4n) is 9.02. The Kier molecular flexibility index (Phi) is 4.62. The van der Waals surface area contributed by atoms with Crippen LogP contribution in [-0.2, 0) is 0 Å². The van der Waals surface area contributed by atoms with Gasteiger partial charge in [-0.25, -0.2) is 0 Å². The second-order valence-corrected chi connectivity index (χ2v) is 11.5. The molecule has 0 N–H and O–H groups in total. The predicted octanol–water partition coefficient (Wildman–Crippen LogP) is 7.96. The lowest BCUT2D eigenvalue weighted by atomic mass is 9.24. The average Bonchev–Trinajstić information content (AvgIpc) is 2.93. The van der Waals surface area contributed by atoms with E-state index in [0.717, 1.165) is 5.92 Å². The van der Waals surface area contributed by atoms with Gasteiger partial charge in [0.15, 0.2) is 0 Å². The topological polar surface area (TPSA) is 0 Å². The summed E-state index contributed by atoms with van der Waals surface area (Å²) in [6.07, 6.45) is 13.6. The van der Waals surface area contributed by atoms with Crippen LogP contribution in [0.3, 0.4) is 0 Å². The highest BCUT2D eigenvalue weighted by atomic mass is 14.7. The van der Waals surface area contributed by atoms with Crippen LogP contribution in [-0.4, -0.2) is 7.28 Å². The van der Waals surface area contributed by atoms with E-state index in [-0.39, 0.29) is 10.7 Å². The Labute approximate surface area is 180 Å². The van der Waals surface area contributed by atoms with Crippen molar-refractivity contribution in [3.05, 3.63) is 60.3 Å². The first-order valence-electron chi connectivity index (χ1n) is 11.7. The molecule has 0 nitrogen and oxygen atoms in total. The monoisotopic (exact) mass is 387 g/mol. The van der Waals surface area contributed by atoms with E-state index in [1.165, 1.54) is 48.8 Å². The Morgan fingerprint density at radius 3 is 2.45 bits per heavy atom. The van der Waals surface area contributed by atoms with Crippen LogP contribution in [0.25, 0.3) is 0 Å². The summed E-state index contributed by atoms with van der Waals surface area (Å²) >= 11 is 0. The number of hydrogen-bond acceptors (Lipinski definition) is 0. The van der Waals surface area contributed by atoms with E-state index in [4.69, 9.17) is 0 Å². The van der Waals surface area contributed by atoms with Gasteiger partial charge in [0.25, 0.3) is 0 Å². The minimum absolute atomic E-state index is 0.115. The normalized spacial score (nSPS) is 48.3. The molecule has 0 bridgehead atoms. The van der Waals surface area contributed by atoms with Gasteiger partial charge in [0.2, 0.25) is 0 Å². The second kappa shape index (κ2) is 6.38. The smallest absolute Gasteiger partial charge is 0.0958 e. The SMILES string of the molecule is C=C1C=CC2(C)C(=C1)CCC1(C)C3CC(C)C(C(=C)C(=C)C)C3(C)CCC21[B]C. The summed E-state index contributed by atoms with van der Waals surface area (Å²) in [4.78, 5) is 0. The molecule has 0 amide bonds.